The quantitative estimate of drug-likeness (QED) is 0.671. The summed E-state index contributed by atoms with van der Waals surface area (Å²) in [5.41, 5.74) is 3.03. The molecule has 146 valence electrons. The van der Waals surface area contributed by atoms with Crippen LogP contribution in [0.2, 0.25) is 0 Å². The van der Waals surface area contributed by atoms with Crippen molar-refractivity contribution in [1.82, 2.24) is 10.1 Å². The smallest absolute Gasteiger partial charge is 0.238 e. The standard InChI is InChI=1S/C21H22FN3O3/c1-14-19(24-28-21(14)15-7-9-16(22)10-8-15)12-25(2)13-20(26)23-17-5-4-6-18(11-17)27-3/h4-11H,12-13H2,1-3H3,(H,23,26). The minimum Gasteiger partial charge on any atom is -0.497 e. The minimum atomic E-state index is -0.303. The van der Waals surface area contributed by atoms with Gasteiger partial charge in [-0.15, -0.1) is 0 Å². The number of hydrogen-bond acceptors (Lipinski definition) is 5. The van der Waals surface area contributed by atoms with E-state index in [4.69, 9.17) is 9.26 Å². The van der Waals surface area contributed by atoms with Crippen LogP contribution in [-0.2, 0) is 11.3 Å². The van der Waals surface area contributed by atoms with Crippen molar-refractivity contribution in [2.45, 2.75) is 13.5 Å². The Balaban J connectivity index is 1.61. The van der Waals surface area contributed by atoms with Crippen molar-refractivity contribution in [3.05, 3.63) is 65.6 Å². The lowest BCUT2D eigenvalue weighted by Gasteiger charge is -2.15. The van der Waals surface area contributed by atoms with E-state index in [1.807, 2.05) is 31.0 Å². The number of benzene rings is 2. The van der Waals surface area contributed by atoms with Crippen molar-refractivity contribution < 1.29 is 18.4 Å². The topological polar surface area (TPSA) is 67.6 Å². The summed E-state index contributed by atoms with van der Waals surface area (Å²) in [6.07, 6.45) is 0. The maximum atomic E-state index is 13.1. The number of hydrogen-bond donors (Lipinski definition) is 1. The monoisotopic (exact) mass is 383 g/mol. The van der Waals surface area contributed by atoms with E-state index in [1.54, 1.807) is 31.4 Å². The number of rotatable bonds is 7. The Morgan fingerprint density at radius 3 is 2.71 bits per heavy atom. The molecule has 0 atom stereocenters. The van der Waals surface area contributed by atoms with Gasteiger partial charge in [0.1, 0.15) is 17.3 Å². The molecule has 1 heterocycles. The van der Waals surface area contributed by atoms with E-state index in [0.29, 0.717) is 23.7 Å². The van der Waals surface area contributed by atoms with Crippen LogP contribution in [0.4, 0.5) is 10.1 Å². The van der Waals surface area contributed by atoms with Gasteiger partial charge in [-0.3, -0.25) is 9.69 Å². The highest BCUT2D eigenvalue weighted by Crippen LogP contribution is 2.26. The average molecular weight is 383 g/mol. The lowest BCUT2D eigenvalue weighted by atomic mass is 10.1. The number of anilines is 1. The molecule has 0 aliphatic carbocycles. The van der Waals surface area contributed by atoms with Crippen molar-refractivity contribution in [1.29, 1.82) is 0 Å². The molecule has 2 aromatic carbocycles. The summed E-state index contributed by atoms with van der Waals surface area (Å²) in [6.45, 7) is 2.53. The predicted molar refractivity (Wildman–Crippen MR) is 105 cm³/mol. The summed E-state index contributed by atoms with van der Waals surface area (Å²) < 4.78 is 23.7. The zero-order valence-electron chi connectivity index (χ0n) is 16.0. The van der Waals surface area contributed by atoms with Gasteiger partial charge in [0.25, 0.3) is 0 Å². The third-order valence-electron chi connectivity index (χ3n) is 4.31. The number of likely N-dealkylation sites (N-methyl/N-ethyl adjacent to an activating group) is 1. The summed E-state index contributed by atoms with van der Waals surface area (Å²) >= 11 is 0. The van der Waals surface area contributed by atoms with E-state index in [9.17, 15) is 9.18 Å². The highest BCUT2D eigenvalue weighted by Gasteiger charge is 2.16. The van der Waals surface area contributed by atoms with Gasteiger partial charge in [-0.2, -0.15) is 0 Å². The second-order valence-electron chi connectivity index (χ2n) is 6.54. The van der Waals surface area contributed by atoms with Crippen LogP contribution in [-0.4, -0.2) is 36.7 Å². The third kappa shape index (κ3) is 4.75. The van der Waals surface area contributed by atoms with E-state index in [0.717, 1.165) is 16.8 Å². The molecule has 1 aromatic heterocycles. The second kappa shape index (κ2) is 8.67. The summed E-state index contributed by atoms with van der Waals surface area (Å²) in [5.74, 6) is 0.834. The first kappa shape index (κ1) is 19.6. The molecular formula is C21H22FN3O3. The Kier molecular flexibility index (Phi) is 6.06. The van der Waals surface area contributed by atoms with E-state index < -0.39 is 0 Å². The zero-order valence-corrected chi connectivity index (χ0v) is 16.0. The molecule has 0 saturated heterocycles. The minimum absolute atomic E-state index is 0.143. The van der Waals surface area contributed by atoms with Crippen LogP contribution in [0.15, 0.2) is 53.1 Å². The van der Waals surface area contributed by atoms with E-state index in [-0.39, 0.29) is 18.3 Å². The fourth-order valence-corrected chi connectivity index (χ4v) is 2.84. The van der Waals surface area contributed by atoms with Gasteiger partial charge in [0, 0.05) is 29.4 Å². The molecule has 3 aromatic rings. The van der Waals surface area contributed by atoms with Crippen LogP contribution in [0, 0.1) is 12.7 Å². The van der Waals surface area contributed by atoms with Crippen molar-refractivity contribution >= 4 is 11.6 Å². The molecular weight excluding hydrogens is 361 g/mol. The van der Waals surface area contributed by atoms with Gasteiger partial charge >= 0.3 is 0 Å². The highest BCUT2D eigenvalue weighted by molar-refractivity contribution is 5.92. The lowest BCUT2D eigenvalue weighted by Crippen LogP contribution is -2.30. The Bertz CT molecular complexity index is 954. The van der Waals surface area contributed by atoms with Gasteiger partial charge < -0.3 is 14.6 Å². The number of aromatic nitrogens is 1. The maximum absolute atomic E-state index is 13.1. The number of ether oxygens (including phenoxy) is 1. The molecule has 0 spiro atoms. The molecule has 1 amide bonds. The number of nitrogens with zero attached hydrogens (tertiary/aromatic N) is 2. The number of halogens is 1. The van der Waals surface area contributed by atoms with Crippen LogP contribution in [0.1, 0.15) is 11.3 Å². The van der Waals surface area contributed by atoms with E-state index in [1.165, 1.54) is 12.1 Å². The Morgan fingerprint density at radius 1 is 1.25 bits per heavy atom. The number of methoxy groups -OCH3 is 1. The number of nitrogens with one attached hydrogen (secondary N) is 1. The van der Waals surface area contributed by atoms with Crippen molar-refractivity contribution in [3.63, 3.8) is 0 Å². The molecule has 0 unspecified atom stereocenters. The fraction of sp³-hybridized carbons (Fsp3) is 0.238. The number of carbonyl (C=O) groups excluding carboxylic acids is 1. The summed E-state index contributed by atoms with van der Waals surface area (Å²) in [6, 6.07) is 13.3. The molecule has 0 radical (unpaired) electrons. The van der Waals surface area contributed by atoms with Crippen molar-refractivity contribution in [3.8, 4) is 17.1 Å². The van der Waals surface area contributed by atoms with Gasteiger partial charge in [0.05, 0.1) is 13.7 Å². The predicted octanol–water partition coefficient (Wildman–Crippen LogP) is 3.87. The lowest BCUT2D eigenvalue weighted by molar-refractivity contribution is -0.117. The van der Waals surface area contributed by atoms with Gasteiger partial charge in [0.2, 0.25) is 5.91 Å². The van der Waals surface area contributed by atoms with Crippen LogP contribution < -0.4 is 10.1 Å². The van der Waals surface area contributed by atoms with Gasteiger partial charge in [0.15, 0.2) is 5.76 Å². The molecule has 0 bridgehead atoms. The van der Waals surface area contributed by atoms with E-state index in [2.05, 4.69) is 10.5 Å². The fourth-order valence-electron chi connectivity index (χ4n) is 2.84. The largest absolute Gasteiger partial charge is 0.497 e. The van der Waals surface area contributed by atoms with Crippen LogP contribution in [0.3, 0.4) is 0 Å². The van der Waals surface area contributed by atoms with Gasteiger partial charge in [-0.05, 0) is 50.4 Å². The first-order chi connectivity index (χ1) is 13.5. The Hall–Kier alpha value is -3.19. The third-order valence-corrected chi connectivity index (χ3v) is 4.31. The van der Waals surface area contributed by atoms with Crippen LogP contribution >= 0.6 is 0 Å². The number of amides is 1. The summed E-state index contributed by atoms with van der Waals surface area (Å²) in [7, 11) is 3.41. The molecule has 1 N–H and O–H groups in total. The van der Waals surface area contributed by atoms with Crippen molar-refractivity contribution in [2.24, 2.45) is 0 Å². The summed E-state index contributed by atoms with van der Waals surface area (Å²) in [4.78, 5) is 14.1. The van der Waals surface area contributed by atoms with Crippen LogP contribution in [0.25, 0.3) is 11.3 Å². The molecule has 0 saturated carbocycles. The number of carbonyl (C=O) groups is 1. The Labute approximate surface area is 162 Å². The average Bonchev–Trinajstić information content (AvgIpc) is 3.02. The molecule has 0 fully saturated rings. The molecule has 28 heavy (non-hydrogen) atoms. The normalized spacial score (nSPS) is 10.9. The molecule has 3 rings (SSSR count). The second-order valence-corrected chi connectivity index (χ2v) is 6.54. The zero-order chi connectivity index (χ0) is 20.1. The van der Waals surface area contributed by atoms with Gasteiger partial charge in [-0.1, -0.05) is 11.2 Å². The Morgan fingerprint density at radius 2 is 2.00 bits per heavy atom. The highest BCUT2D eigenvalue weighted by atomic mass is 19.1. The maximum Gasteiger partial charge on any atom is 0.238 e. The summed E-state index contributed by atoms with van der Waals surface area (Å²) in [5, 5.41) is 6.95. The SMILES string of the molecule is COc1cccc(NC(=O)CN(C)Cc2noc(-c3ccc(F)cc3)c2C)c1. The molecule has 7 heteroatoms. The van der Waals surface area contributed by atoms with E-state index >= 15 is 0 Å². The first-order valence-corrected chi connectivity index (χ1v) is 8.80. The van der Waals surface area contributed by atoms with Crippen molar-refractivity contribution in [2.75, 3.05) is 26.0 Å². The van der Waals surface area contributed by atoms with Crippen LogP contribution in [0.5, 0.6) is 5.75 Å². The molecule has 0 aliphatic rings. The molecule has 6 nitrogen and oxygen atoms in total. The van der Waals surface area contributed by atoms with Gasteiger partial charge in [-0.25, -0.2) is 4.39 Å². The molecule has 0 aliphatic heterocycles. The first-order valence-electron chi connectivity index (χ1n) is 8.80.